The number of nitrogens with zero attached hydrogens (tertiary/aromatic N) is 4. The zero-order valence-corrected chi connectivity index (χ0v) is 15.8. The van der Waals surface area contributed by atoms with Crippen molar-refractivity contribution >= 4 is 34.2 Å². The van der Waals surface area contributed by atoms with E-state index in [1.165, 1.54) is 6.33 Å². The summed E-state index contributed by atoms with van der Waals surface area (Å²) in [6.45, 7) is 3.12. The molecule has 0 spiro atoms. The lowest BCUT2D eigenvalue weighted by molar-refractivity contribution is -0.138. The van der Waals surface area contributed by atoms with Crippen molar-refractivity contribution < 1.29 is 4.79 Å². The van der Waals surface area contributed by atoms with Crippen LogP contribution < -0.4 is 5.73 Å². The van der Waals surface area contributed by atoms with E-state index >= 15 is 0 Å². The van der Waals surface area contributed by atoms with Gasteiger partial charge in [0.1, 0.15) is 18.2 Å². The van der Waals surface area contributed by atoms with Crippen LogP contribution in [0, 0.1) is 0 Å². The molecule has 0 bridgehead atoms. The summed E-state index contributed by atoms with van der Waals surface area (Å²) in [5.41, 5.74) is 6.16. The van der Waals surface area contributed by atoms with E-state index in [2.05, 4.69) is 26.0 Å². The predicted molar refractivity (Wildman–Crippen MR) is 97.8 cm³/mol. The van der Waals surface area contributed by atoms with Gasteiger partial charge in [-0.05, 0) is 37.5 Å². The minimum absolute atomic E-state index is 0. The Morgan fingerprint density at radius 2 is 2.08 bits per heavy atom. The Kier molecular flexibility index (Phi) is 6.01. The molecular formula is C16H21BrClN5O. The molecule has 2 N–H and O–H groups in total. The number of rotatable bonds is 3. The zero-order valence-electron chi connectivity index (χ0n) is 13.4. The van der Waals surface area contributed by atoms with Gasteiger partial charge in [0, 0.05) is 17.6 Å². The smallest absolute Gasteiger partial charge is 0.247 e. The van der Waals surface area contributed by atoms with E-state index < -0.39 is 5.54 Å². The number of benzene rings is 1. The molecule has 24 heavy (non-hydrogen) atoms. The van der Waals surface area contributed by atoms with Crippen molar-refractivity contribution in [2.24, 2.45) is 5.73 Å². The summed E-state index contributed by atoms with van der Waals surface area (Å²) in [6.07, 6.45) is 5.16. The second-order valence-corrected chi connectivity index (χ2v) is 7.05. The number of carbonyl (C=O) groups is 1. The van der Waals surface area contributed by atoms with Crippen LogP contribution in [0.15, 0.2) is 41.4 Å². The van der Waals surface area contributed by atoms with Crippen LogP contribution in [0.3, 0.4) is 0 Å². The first-order valence-electron chi connectivity index (χ1n) is 7.67. The number of piperidine rings is 1. The van der Waals surface area contributed by atoms with E-state index in [1.54, 1.807) is 13.3 Å². The summed E-state index contributed by atoms with van der Waals surface area (Å²) < 4.78 is 2.79. The minimum atomic E-state index is -1.04. The van der Waals surface area contributed by atoms with Gasteiger partial charge >= 0.3 is 0 Å². The predicted octanol–water partition coefficient (Wildman–Crippen LogP) is 2.50. The van der Waals surface area contributed by atoms with Crippen molar-refractivity contribution in [2.45, 2.75) is 31.3 Å². The maximum Gasteiger partial charge on any atom is 0.247 e. The Balaban J connectivity index is 0.00000208. The number of aromatic nitrogens is 3. The van der Waals surface area contributed by atoms with Crippen LogP contribution in [0.1, 0.15) is 31.4 Å². The van der Waals surface area contributed by atoms with Crippen LogP contribution in [-0.4, -0.2) is 38.7 Å². The summed E-state index contributed by atoms with van der Waals surface area (Å²) in [7, 11) is 0. The lowest BCUT2D eigenvalue weighted by Gasteiger charge is -2.37. The van der Waals surface area contributed by atoms with E-state index in [1.807, 2.05) is 33.8 Å². The number of nitrogens with two attached hydrogens (primary N) is 1. The fourth-order valence-corrected chi connectivity index (χ4v) is 3.27. The number of likely N-dealkylation sites (tertiary alicyclic amines) is 1. The Hall–Kier alpha value is -1.44. The molecule has 2 heterocycles. The molecule has 8 heteroatoms. The number of hydrogen-bond acceptors (Lipinski definition) is 4. The Labute approximate surface area is 156 Å². The molecule has 1 aliphatic heterocycles. The van der Waals surface area contributed by atoms with Gasteiger partial charge in [-0.25, -0.2) is 9.67 Å². The quantitative estimate of drug-likeness (QED) is 0.837. The maximum absolute atomic E-state index is 13.0. The van der Waals surface area contributed by atoms with Gasteiger partial charge < -0.3 is 10.6 Å². The first-order valence-corrected chi connectivity index (χ1v) is 8.46. The largest absolute Gasteiger partial charge is 0.339 e. The standard InChI is InChI=1S/C16H20BrN5O.ClH/c1-16(18,12-4-6-13(17)7-5-12)15(23)21-8-2-3-14(9-21)22-11-19-10-20-22;/h4-7,10-11,14H,2-3,8-9,18H2,1H3;1H. The Morgan fingerprint density at radius 1 is 1.38 bits per heavy atom. The molecule has 1 aromatic heterocycles. The van der Waals surface area contributed by atoms with Crippen molar-refractivity contribution in [3.8, 4) is 0 Å². The summed E-state index contributed by atoms with van der Waals surface area (Å²) >= 11 is 3.40. The topological polar surface area (TPSA) is 77.0 Å². The molecule has 0 aliphatic carbocycles. The van der Waals surface area contributed by atoms with E-state index in [9.17, 15) is 4.79 Å². The molecule has 1 amide bonds. The van der Waals surface area contributed by atoms with Gasteiger partial charge in [0.2, 0.25) is 5.91 Å². The number of halogens is 2. The van der Waals surface area contributed by atoms with Gasteiger partial charge in [-0.3, -0.25) is 4.79 Å². The molecule has 1 aromatic carbocycles. The third-order valence-corrected chi connectivity index (χ3v) is 4.91. The van der Waals surface area contributed by atoms with Gasteiger partial charge in [0.05, 0.1) is 6.04 Å². The summed E-state index contributed by atoms with van der Waals surface area (Å²) in [4.78, 5) is 18.8. The fraction of sp³-hybridized carbons (Fsp3) is 0.438. The fourth-order valence-electron chi connectivity index (χ4n) is 3.01. The second-order valence-electron chi connectivity index (χ2n) is 6.13. The highest BCUT2D eigenvalue weighted by molar-refractivity contribution is 9.10. The van der Waals surface area contributed by atoms with Gasteiger partial charge in [-0.1, -0.05) is 28.1 Å². The monoisotopic (exact) mass is 413 g/mol. The molecule has 1 saturated heterocycles. The first-order chi connectivity index (χ1) is 11.0. The lowest BCUT2D eigenvalue weighted by Crippen LogP contribution is -2.53. The number of carbonyl (C=O) groups excluding carboxylic acids is 1. The molecule has 1 fully saturated rings. The molecule has 1 aliphatic rings. The van der Waals surface area contributed by atoms with Crippen LogP contribution in [0.5, 0.6) is 0 Å². The van der Waals surface area contributed by atoms with Crippen LogP contribution >= 0.6 is 28.3 Å². The van der Waals surface area contributed by atoms with Crippen LogP contribution in [0.25, 0.3) is 0 Å². The van der Waals surface area contributed by atoms with Crippen molar-refractivity contribution in [3.63, 3.8) is 0 Å². The molecular weight excluding hydrogens is 394 g/mol. The summed E-state index contributed by atoms with van der Waals surface area (Å²) in [5.74, 6) is -0.0513. The van der Waals surface area contributed by atoms with Crippen molar-refractivity contribution in [1.29, 1.82) is 0 Å². The molecule has 0 saturated carbocycles. The molecule has 2 unspecified atom stereocenters. The highest BCUT2D eigenvalue weighted by Gasteiger charge is 2.36. The van der Waals surface area contributed by atoms with Gasteiger partial charge in [0.15, 0.2) is 0 Å². The summed E-state index contributed by atoms with van der Waals surface area (Å²) in [5, 5.41) is 4.19. The van der Waals surface area contributed by atoms with Gasteiger partial charge in [-0.2, -0.15) is 5.10 Å². The third kappa shape index (κ3) is 3.79. The highest BCUT2D eigenvalue weighted by Crippen LogP contribution is 2.27. The van der Waals surface area contributed by atoms with E-state index in [0.29, 0.717) is 6.54 Å². The normalized spacial score (nSPS) is 20.1. The Morgan fingerprint density at radius 3 is 2.71 bits per heavy atom. The highest BCUT2D eigenvalue weighted by atomic mass is 79.9. The Bertz CT molecular complexity index is 674. The number of amides is 1. The molecule has 2 aromatic rings. The molecule has 2 atom stereocenters. The van der Waals surface area contributed by atoms with Gasteiger partial charge in [0.25, 0.3) is 0 Å². The average Bonchev–Trinajstić information content (AvgIpc) is 3.09. The van der Waals surface area contributed by atoms with Crippen LogP contribution in [0.2, 0.25) is 0 Å². The van der Waals surface area contributed by atoms with Crippen molar-refractivity contribution in [1.82, 2.24) is 19.7 Å². The first kappa shape index (κ1) is 18.9. The second kappa shape index (κ2) is 7.63. The lowest BCUT2D eigenvalue weighted by atomic mass is 9.90. The average molecular weight is 415 g/mol. The molecule has 6 nitrogen and oxygen atoms in total. The van der Waals surface area contributed by atoms with Gasteiger partial charge in [-0.15, -0.1) is 12.4 Å². The maximum atomic E-state index is 13.0. The molecule has 130 valence electrons. The van der Waals surface area contributed by atoms with E-state index in [0.717, 1.165) is 29.4 Å². The number of hydrogen-bond donors (Lipinski definition) is 1. The van der Waals surface area contributed by atoms with E-state index in [4.69, 9.17) is 5.73 Å². The minimum Gasteiger partial charge on any atom is -0.339 e. The zero-order chi connectivity index (χ0) is 16.4. The third-order valence-electron chi connectivity index (χ3n) is 4.38. The molecule has 3 rings (SSSR count). The van der Waals surface area contributed by atoms with Crippen LogP contribution in [-0.2, 0) is 10.3 Å². The summed E-state index contributed by atoms with van der Waals surface area (Å²) in [6, 6.07) is 7.75. The van der Waals surface area contributed by atoms with E-state index in [-0.39, 0.29) is 24.4 Å². The van der Waals surface area contributed by atoms with Crippen molar-refractivity contribution in [2.75, 3.05) is 13.1 Å². The van der Waals surface area contributed by atoms with Crippen LogP contribution in [0.4, 0.5) is 0 Å². The SMILES string of the molecule is CC(N)(C(=O)N1CCCC(n2cncn2)C1)c1ccc(Br)cc1.Cl. The molecule has 0 radical (unpaired) electrons. The van der Waals surface area contributed by atoms with Crippen molar-refractivity contribution in [3.05, 3.63) is 47.0 Å².